The fraction of sp³-hybridized carbons (Fsp3) is 0.214. The van der Waals surface area contributed by atoms with Crippen molar-refractivity contribution < 1.29 is 4.74 Å². The summed E-state index contributed by atoms with van der Waals surface area (Å²) in [6.07, 6.45) is 2.67. The molecule has 0 atom stereocenters. The first-order valence-corrected chi connectivity index (χ1v) is 7.73. The van der Waals surface area contributed by atoms with Gasteiger partial charge in [-0.3, -0.25) is 5.10 Å². The first-order chi connectivity index (χ1) is 10.3. The third-order valence-corrected chi connectivity index (χ3v) is 3.74. The van der Waals surface area contributed by atoms with Gasteiger partial charge in [-0.1, -0.05) is 19.1 Å². The van der Waals surface area contributed by atoms with E-state index in [0.717, 1.165) is 27.7 Å². The standard InChI is InChI=1S/C14H14IN5O/c1-2-7-16-14-18-12-9(8-17-20-12)13(19-14)21-11-6-4-3-5-10(11)15/h3-6,8H,2,7H2,1H3,(H2,16,17,18,19,20). The molecular formula is C14H14IN5O. The molecule has 0 aliphatic rings. The summed E-state index contributed by atoms with van der Waals surface area (Å²) in [4.78, 5) is 8.81. The maximum absolute atomic E-state index is 5.94. The number of aromatic amines is 1. The Morgan fingerprint density at radius 2 is 2.14 bits per heavy atom. The van der Waals surface area contributed by atoms with Gasteiger partial charge in [0.1, 0.15) is 11.1 Å². The molecule has 2 aromatic heterocycles. The van der Waals surface area contributed by atoms with Crippen LogP contribution in [0.5, 0.6) is 11.6 Å². The highest BCUT2D eigenvalue weighted by atomic mass is 127. The average Bonchev–Trinajstić information content (AvgIpc) is 2.96. The Bertz CT molecular complexity index is 758. The fourth-order valence-corrected chi connectivity index (χ4v) is 2.33. The quantitative estimate of drug-likeness (QED) is 0.646. The van der Waals surface area contributed by atoms with Gasteiger partial charge in [-0.2, -0.15) is 15.1 Å². The molecule has 3 aromatic rings. The minimum absolute atomic E-state index is 0.497. The van der Waals surface area contributed by atoms with Crippen LogP contribution in [0.2, 0.25) is 0 Å². The van der Waals surface area contributed by atoms with Crippen molar-refractivity contribution in [3.8, 4) is 11.6 Å². The lowest BCUT2D eigenvalue weighted by Gasteiger charge is -2.09. The van der Waals surface area contributed by atoms with E-state index in [1.54, 1.807) is 6.20 Å². The smallest absolute Gasteiger partial charge is 0.235 e. The van der Waals surface area contributed by atoms with Crippen LogP contribution in [-0.4, -0.2) is 26.7 Å². The van der Waals surface area contributed by atoms with Crippen molar-refractivity contribution in [2.75, 3.05) is 11.9 Å². The molecule has 0 bridgehead atoms. The Morgan fingerprint density at radius 1 is 1.29 bits per heavy atom. The molecule has 0 radical (unpaired) electrons. The second kappa shape index (κ2) is 6.25. The van der Waals surface area contributed by atoms with E-state index < -0.39 is 0 Å². The van der Waals surface area contributed by atoms with Gasteiger partial charge >= 0.3 is 0 Å². The number of hydrogen-bond donors (Lipinski definition) is 2. The van der Waals surface area contributed by atoms with E-state index in [1.807, 2.05) is 24.3 Å². The van der Waals surface area contributed by atoms with Crippen LogP contribution in [0.1, 0.15) is 13.3 Å². The minimum Gasteiger partial charge on any atom is -0.437 e. The summed E-state index contributed by atoms with van der Waals surface area (Å²) in [6, 6.07) is 7.80. The molecule has 0 spiro atoms. The summed E-state index contributed by atoms with van der Waals surface area (Å²) >= 11 is 2.23. The molecule has 0 fully saturated rings. The largest absolute Gasteiger partial charge is 0.437 e. The number of aromatic nitrogens is 4. The molecular weight excluding hydrogens is 381 g/mol. The topological polar surface area (TPSA) is 75.7 Å². The number of hydrogen-bond acceptors (Lipinski definition) is 5. The molecule has 6 nitrogen and oxygen atoms in total. The second-order valence-electron chi connectivity index (χ2n) is 4.44. The van der Waals surface area contributed by atoms with Crippen LogP contribution in [0.25, 0.3) is 11.0 Å². The maximum atomic E-state index is 5.94. The van der Waals surface area contributed by atoms with E-state index in [9.17, 15) is 0 Å². The highest BCUT2D eigenvalue weighted by Gasteiger charge is 2.12. The lowest BCUT2D eigenvalue weighted by atomic mass is 10.3. The van der Waals surface area contributed by atoms with Gasteiger partial charge in [0.15, 0.2) is 5.65 Å². The lowest BCUT2D eigenvalue weighted by molar-refractivity contribution is 0.465. The number of fused-ring (bicyclic) bond motifs is 1. The summed E-state index contributed by atoms with van der Waals surface area (Å²) in [5, 5.41) is 10.8. The Hall–Kier alpha value is -1.90. The number of para-hydroxylation sites is 1. The summed E-state index contributed by atoms with van der Waals surface area (Å²) in [5.74, 6) is 1.80. The molecule has 1 aromatic carbocycles. The zero-order chi connectivity index (χ0) is 14.7. The van der Waals surface area contributed by atoms with E-state index in [2.05, 4.69) is 55.0 Å². The highest BCUT2D eigenvalue weighted by Crippen LogP contribution is 2.30. The second-order valence-corrected chi connectivity index (χ2v) is 5.61. The molecule has 7 heteroatoms. The first kappa shape index (κ1) is 14.1. The molecule has 2 N–H and O–H groups in total. The monoisotopic (exact) mass is 395 g/mol. The fourth-order valence-electron chi connectivity index (χ4n) is 1.83. The summed E-state index contributed by atoms with van der Waals surface area (Å²) < 4.78 is 6.96. The number of nitrogens with one attached hydrogen (secondary N) is 2. The summed E-state index contributed by atoms with van der Waals surface area (Å²) in [6.45, 7) is 2.90. The third-order valence-electron chi connectivity index (χ3n) is 2.85. The molecule has 0 unspecified atom stereocenters. The first-order valence-electron chi connectivity index (χ1n) is 6.65. The molecule has 0 aliphatic heterocycles. The van der Waals surface area contributed by atoms with Crippen molar-refractivity contribution in [1.82, 2.24) is 20.2 Å². The SMILES string of the molecule is CCCNc1nc(Oc2ccccc2I)c2cn[nH]c2n1. The Labute approximate surface area is 135 Å². The van der Waals surface area contributed by atoms with Crippen LogP contribution in [0.3, 0.4) is 0 Å². The van der Waals surface area contributed by atoms with Crippen LogP contribution < -0.4 is 10.1 Å². The zero-order valence-corrected chi connectivity index (χ0v) is 13.6. The number of ether oxygens (including phenoxy) is 1. The highest BCUT2D eigenvalue weighted by molar-refractivity contribution is 14.1. The number of H-pyrrole nitrogens is 1. The van der Waals surface area contributed by atoms with Crippen LogP contribution in [0, 0.1) is 3.57 Å². The van der Waals surface area contributed by atoms with Gasteiger partial charge in [-0.05, 0) is 41.1 Å². The van der Waals surface area contributed by atoms with Crippen molar-refractivity contribution in [3.63, 3.8) is 0 Å². The normalized spacial score (nSPS) is 10.8. The zero-order valence-electron chi connectivity index (χ0n) is 11.4. The van der Waals surface area contributed by atoms with Crippen molar-refractivity contribution >= 4 is 39.6 Å². The average molecular weight is 395 g/mol. The predicted molar refractivity (Wildman–Crippen MR) is 89.7 cm³/mol. The van der Waals surface area contributed by atoms with E-state index in [1.165, 1.54) is 0 Å². The molecule has 21 heavy (non-hydrogen) atoms. The van der Waals surface area contributed by atoms with Gasteiger partial charge in [0, 0.05) is 6.54 Å². The molecule has 0 saturated heterocycles. The maximum Gasteiger partial charge on any atom is 0.235 e. The Kier molecular flexibility index (Phi) is 4.18. The minimum atomic E-state index is 0.497. The van der Waals surface area contributed by atoms with Gasteiger partial charge in [0.25, 0.3) is 0 Å². The predicted octanol–water partition coefficient (Wildman–Crippen LogP) is 3.57. The molecule has 0 aliphatic carbocycles. The number of benzene rings is 1. The van der Waals surface area contributed by atoms with Crippen molar-refractivity contribution in [3.05, 3.63) is 34.0 Å². The van der Waals surface area contributed by atoms with E-state index in [-0.39, 0.29) is 0 Å². The van der Waals surface area contributed by atoms with Crippen molar-refractivity contribution in [1.29, 1.82) is 0 Å². The Balaban J connectivity index is 2.00. The molecule has 2 heterocycles. The molecule has 3 rings (SSSR count). The van der Waals surface area contributed by atoms with Gasteiger partial charge in [-0.25, -0.2) is 0 Å². The molecule has 0 saturated carbocycles. The van der Waals surface area contributed by atoms with E-state index in [0.29, 0.717) is 17.5 Å². The van der Waals surface area contributed by atoms with Crippen LogP contribution in [0.15, 0.2) is 30.5 Å². The number of nitrogens with zero attached hydrogens (tertiary/aromatic N) is 3. The van der Waals surface area contributed by atoms with E-state index in [4.69, 9.17) is 4.74 Å². The Morgan fingerprint density at radius 3 is 2.95 bits per heavy atom. The third kappa shape index (κ3) is 3.07. The van der Waals surface area contributed by atoms with Crippen LogP contribution in [-0.2, 0) is 0 Å². The van der Waals surface area contributed by atoms with Gasteiger partial charge in [0.05, 0.1) is 9.77 Å². The summed E-state index contributed by atoms with van der Waals surface area (Å²) in [5.41, 5.74) is 0.657. The van der Waals surface area contributed by atoms with Gasteiger partial charge in [0.2, 0.25) is 11.8 Å². The van der Waals surface area contributed by atoms with Gasteiger partial charge in [-0.15, -0.1) is 0 Å². The number of rotatable bonds is 5. The van der Waals surface area contributed by atoms with Crippen LogP contribution >= 0.6 is 22.6 Å². The van der Waals surface area contributed by atoms with Crippen LogP contribution in [0.4, 0.5) is 5.95 Å². The summed E-state index contributed by atoms with van der Waals surface area (Å²) in [7, 11) is 0. The van der Waals surface area contributed by atoms with E-state index >= 15 is 0 Å². The number of anilines is 1. The number of halogens is 1. The molecule has 0 amide bonds. The lowest BCUT2D eigenvalue weighted by Crippen LogP contribution is -2.05. The van der Waals surface area contributed by atoms with Gasteiger partial charge < -0.3 is 10.1 Å². The van der Waals surface area contributed by atoms with Crippen molar-refractivity contribution in [2.45, 2.75) is 13.3 Å². The van der Waals surface area contributed by atoms with Crippen molar-refractivity contribution in [2.24, 2.45) is 0 Å². The molecule has 108 valence electrons.